The van der Waals surface area contributed by atoms with E-state index in [0.717, 1.165) is 11.0 Å². The standard InChI is InChI=1S/C18H11N5O3/c24-17-11-5-1-4-8-15(11)25-10-12(17)18-21-20-16(26-18)9-23-14-7-3-2-6-13(14)19-22-23/h1-8,10H,9H2. The van der Waals surface area contributed by atoms with Crippen molar-refractivity contribution >= 4 is 22.0 Å². The van der Waals surface area contributed by atoms with Gasteiger partial charge in [0.25, 0.3) is 5.89 Å². The summed E-state index contributed by atoms with van der Waals surface area (Å²) >= 11 is 0. The Balaban J connectivity index is 1.53. The highest BCUT2D eigenvalue weighted by molar-refractivity contribution is 5.79. The average molecular weight is 345 g/mol. The van der Waals surface area contributed by atoms with E-state index in [1.807, 2.05) is 24.3 Å². The molecule has 0 saturated carbocycles. The zero-order valence-electron chi connectivity index (χ0n) is 13.4. The molecule has 0 saturated heterocycles. The number of benzene rings is 2. The van der Waals surface area contributed by atoms with E-state index in [1.54, 1.807) is 28.9 Å². The normalized spacial score (nSPS) is 11.4. The molecule has 0 fully saturated rings. The number of rotatable bonds is 3. The molecule has 0 aliphatic heterocycles. The largest absolute Gasteiger partial charge is 0.463 e. The highest BCUT2D eigenvalue weighted by Crippen LogP contribution is 2.19. The van der Waals surface area contributed by atoms with Crippen molar-refractivity contribution in [2.45, 2.75) is 6.54 Å². The third-order valence-electron chi connectivity index (χ3n) is 4.08. The Kier molecular flexibility index (Phi) is 3.14. The number of aromatic nitrogens is 5. The predicted molar refractivity (Wildman–Crippen MR) is 92.4 cm³/mol. The molecule has 0 radical (unpaired) electrons. The second kappa shape index (κ2) is 5.62. The van der Waals surface area contributed by atoms with Gasteiger partial charge in [0.05, 0.1) is 10.9 Å². The van der Waals surface area contributed by atoms with Gasteiger partial charge in [0.2, 0.25) is 11.3 Å². The topological polar surface area (TPSA) is 99.8 Å². The van der Waals surface area contributed by atoms with Crippen LogP contribution in [0.25, 0.3) is 33.5 Å². The molecule has 3 heterocycles. The Hall–Kier alpha value is -3.81. The molecule has 0 N–H and O–H groups in total. The summed E-state index contributed by atoms with van der Waals surface area (Å²) in [5.41, 5.74) is 2.16. The van der Waals surface area contributed by atoms with Crippen molar-refractivity contribution in [3.63, 3.8) is 0 Å². The van der Waals surface area contributed by atoms with Gasteiger partial charge in [-0.15, -0.1) is 15.3 Å². The van der Waals surface area contributed by atoms with E-state index in [2.05, 4.69) is 20.5 Å². The van der Waals surface area contributed by atoms with E-state index in [9.17, 15) is 4.79 Å². The molecule has 0 amide bonds. The monoisotopic (exact) mass is 345 g/mol. The molecule has 8 heteroatoms. The van der Waals surface area contributed by atoms with Crippen molar-refractivity contribution < 1.29 is 8.83 Å². The van der Waals surface area contributed by atoms with E-state index in [-0.39, 0.29) is 23.4 Å². The molecule has 5 rings (SSSR count). The van der Waals surface area contributed by atoms with Gasteiger partial charge in [-0.05, 0) is 24.3 Å². The van der Waals surface area contributed by atoms with Crippen molar-refractivity contribution in [2.75, 3.05) is 0 Å². The third-order valence-corrected chi connectivity index (χ3v) is 4.08. The number of hydrogen-bond acceptors (Lipinski definition) is 7. The molecule has 2 aromatic carbocycles. The van der Waals surface area contributed by atoms with Gasteiger partial charge in [0.15, 0.2) is 0 Å². The summed E-state index contributed by atoms with van der Waals surface area (Å²) in [6.45, 7) is 0.256. The van der Waals surface area contributed by atoms with Crippen molar-refractivity contribution in [1.82, 2.24) is 25.2 Å². The van der Waals surface area contributed by atoms with Crippen LogP contribution in [-0.2, 0) is 6.54 Å². The van der Waals surface area contributed by atoms with Gasteiger partial charge in [-0.1, -0.05) is 29.5 Å². The highest BCUT2D eigenvalue weighted by Gasteiger charge is 2.16. The van der Waals surface area contributed by atoms with Crippen LogP contribution in [0.3, 0.4) is 0 Å². The average Bonchev–Trinajstić information content (AvgIpc) is 3.30. The van der Waals surface area contributed by atoms with Crippen LogP contribution in [0, 0.1) is 0 Å². The second-order valence-corrected chi connectivity index (χ2v) is 5.71. The van der Waals surface area contributed by atoms with Gasteiger partial charge >= 0.3 is 0 Å². The molecule has 0 atom stereocenters. The van der Waals surface area contributed by atoms with Crippen LogP contribution in [0.5, 0.6) is 0 Å². The first-order chi connectivity index (χ1) is 12.8. The molecular formula is C18H11N5O3. The van der Waals surface area contributed by atoms with E-state index < -0.39 is 0 Å². The minimum absolute atomic E-state index is 0.115. The quantitative estimate of drug-likeness (QED) is 0.495. The summed E-state index contributed by atoms with van der Waals surface area (Å²) in [5.74, 6) is 0.437. The molecule has 3 aromatic heterocycles. The summed E-state index contributed by atoms with van der Waals surface area (Å²) in [4.78, 5) is 12.6. The Morgan fingerprint density at radius 3 is 2.77 bits per heavy atom. The summed E-state index contributed by atoms with van der Waals surface area (Å²) in [5, 5.41) is 16.6. The fourth-order valence-corrected chi connectivity index (χ4v) is 2.81. The summed E-state index contributed by atoms with van der Waals surface area (Å²) in [7, 11) is 0. The molecule has 0 unspecified atom stereocenters. The third kappa shape index (κ3) is 2.27. The van der Waals surface area contributed by atoms with E-state index >= 15 is 0 Å². The first-order valence-corrected chi connectivity index (χ1v) is 7.91. The maximum absolute atomic E-state index is 12.6. The lowest BCUT2D eigenvalue weighted by Gasteiger charge is -1.98. The molecule has 8 nitrogen and oxygen atoms in total. The van der Waals surface area contributed by atoms with Crippen molar-refractivity contribution in [3.8, 4) is 11.5 Å². The van der Waals surface area contributed by atoms with E-state index in [1.165, 1.54) is 6.26 Å². The lowest BCUT2D eigenvalue weighted by molar-refractivity contribution is 0.472. The van der Waals surface area contributed by atoms with E-state index in [0.29, 0.717) is 16.9 Å². The van der Waals surface area contributed by atoms with Gasteiger partial charge < -0.3 is 8.83 Å². The number of nitrogens with zero attached hydrogens (tertiary/aromatic N) is 5. The van der Waals surface area contributed by atoms with E-state index in [4.69, 9.17) is 8.83 Å². The lowest BCUT2D eigenvalue weighted by Crippen LogP contribution is -2.04. The Morgan fingerprint density at radius 1 is 0.962 bits per heavy atom. The highest BCUT2D eigenvalue weighted by atomic mass is 16.4. The zero-order chi connectivity index (χ0) is 17.5. The molecule has 0 bridgehead atoms. The van der Waals surface area contributed by atoms with Crippen LogP contribution in [0.1, 0.15) is 5.89 Å². The van der Waals surface area contributed by atoms with Crippen molar-refractivity contribution in [3.05, 3.63) is 70.9 Å². The predicted octanol–water partition coefficient (Wildman–Crippen LogP) is 2.64. The molecule has 5 aromatic rings. The Bertz CT molecular complexity index is 1300. The van der Waals surface area contributed by atoms with Crippen LogP contribution >= 0.6 is 0 Å². The minimum Gasteiger partial charge on any atom is -0.463 e. The van der Waals surface area contributed by atoms with Gasteiger partial charge in [0, 0.05) is 0 Å². The van der Waals surface area contributed by atoms with Gasteiger partial charge in [0.1, 0.15) is 29.5 Å². The molecule has 126 valence electrons. The fraction of sp³-hybridized carbons (Fsp3) is 0.0556. The Labute approximate surface area is 145 Å². The SMILES string of the molecule is O=c1c(-c2nnc(Cn3nnc4ccccc43)o2)coc2ccccc12. The first kappa shape index (κ1) is 14.5. The summed E-state index contributed by atoms with van der Waals surface area (Å²) in [6.07, 6.45) is 1.34. The molecule has 0 aliphatic rings. The molecule has 26 heavy (non-hydrogen) atoms. The molecule has 0 spiro atoms. The maximum atomic E-state index is 12.6. The van der Waals surface area contributed by atoms with Gasteiger partial charge in [-0.25, -0.2) is 4.68 Å². The van der Waals surface area contributed by atoms with Crippen LogP contribution in [0.15, 0.2) is 68.4 Å². The second-order valence-electron chi connectivity index (χ2n) is 5.71. The lowest BCUT2D eigenvalue weighted by atomic mass is 10.2. The zero-order valence-corrected chi connectivity index (χ0v) is 13.4. The number of para-hydroxylation sites is 2. The fourth-order valence-electron chi connectivity index (χ4n) is 2.81. The van der Waals surface area contributed by atoms with Crippen molar-refractivity contribution in [2.24, 2.45) is 0 Å². The molecule has 0 aliphatic carbocycles. The maximum Gasteiger partial charge on any atom is 0.254 e. The van der Waals surface area contributed by atoms with Crippen LogP contribution in [-0.4, -0.2) is 25.2 Å². The van der Waals surface area contributed by atoms with Crippen molar-refractivity contribution in [1.29, 1.82) is 0 Å². The van der Waals surface area contributed by atoms with Crippen LogP contribution < -0.4 is 5.43 Å². The van der Waals surface area contributed by atoms with Gasteiger partial charge in [-0.3, -0.25) is 4.79 Å². The van der Waals surface area contributed by atoms with Gasteiger partial charge in [-0.2, -0.15) is 0 Å². The number of hydrogen-bond donors (Lipinski definition) is 0. The Morgan fingerprint density at radius 2 is 1.81 bits per heavy atom. The van der Waals surface area contributed by atoms with Crippen LogP contribution in [0.4, 0.5) is 0 Å². The number of fused-ring (bicyclic) bond motifs is 2. The summed E-state index contributed by atoms with van der Waals surface area (Å²) in [6, 6.07) is 14.6. The van der Waals surface area contributed by atoms with Crippen LogP contribution in [0.2, 0.25) is 0 Å². The summed E-state index contributed by atoms with van der Waals surface area (Å²) < 4.78 is 12.8. The first-order valence-electron chi connectivity index (χ1n) is 7.91. The molecular weight excluding hydrogens is 334 g/mol. The smallest absolute Gasteiger partial charge is 0.254 e. The minimum atomic E-state index is -0.215.